The molecule has 0 rings (SSSR count). The van der Waals surface area contributed by atoms with Crippen molar-refractivity contribution < 1.29 is 14.7 Å². The Morgan fingerprint density at radius 2 is 1.88 bits per heavy atom. The Balaban J connectivity index is 3.80. The molecule has 16 heavy (non-hydrogen) atoms. The Hall–Kier alpha value is -1.10. The first-order chi connectivity index (χ1) is 7.37. The zero-order chi connectivity index (χ0) is 12.6. The molecule has 0 radical (unpaired) electrons. The highest BCUT2D eigenvalue weighted by Gasteiger charge is 2.24. The molecular weight excluding hydrogens is 208 g/mol. The van der Waals surface area contributed by atoms with E-state index in [9.17, 15) is 9.59 Å². The van der Waals surface area contributed by atoms with Gasteiger partial charge in [-0.25, -0.2) is 0 Å². The average molecular weight is 230 g/mol. The van der Waals surface area contributed by atoms with Gasteiger partial charge in [-0.2, -0.15) is 0 Å². The van der Waals surface area contributed by atoms with Crippen molar-refractivity contribution in [2.75, 3.05) is 13.1 Å². The molecule has 0 fully saturated rings. The molecule has 0 heterocycles. The maximum absolute atomic E-state index is 11.5. The van der Waals surface area contributed by atoms with E-state index in [4.69, 9.17) is 10.8 Å². The zero-order valence-corrected chi connectivity index (χ0v) is 10.1. The van der Waals surface area contributed by atoms with Gasteiger partial charge in [-0.15, -0.1) is 0 Å². The number of rotatable bonds is 8. The summed E-state index contributed by atoms with van der Waals surface area (Å²) in [6.45, 7) is 4.79. The van der Waals surface area contributed by atoms with Crippen LogP contribution in [0, 0.1) is 5.41 Å². The van der Waals surface area contributed by atoms with Gasteiger partial charge < -0.3 is 16.2 Å². The monoisotopic (exact) mass is 230 g/mol. The standard InChI is InChI=1S/C11H22N2O3/c1-11(2,8-10(15)16)7-9(14)13-6-4-3-5-12/h3-8,12H2,1-2H3,(H,13,14)(H,15,16). The smallest absolute Gasteiger partial charge is 0.303 e. The number of carbonyl (C=O) groups excluding carboxylic acids is 1. The summed E-state index contributed by atoms with van der Waals surface area (Å²) in [5.74, 6) is -0.968. The van der Waals surface area contributed by atoms with Crippen molar-refractivity contribution in [1.29, 1.82) is 0 Å². The van der Waals surface area contributed by atoms with Crippen LogP contribution in [0.15, 0.2) is 0 Å². The van der Waals surface area contributed by atoms with Gasteiger partial charge in [-0.05, 0) is 24.8 Å². The molecule has 0 saturated heterocycles. The van der Waals surface area contributed by atoms with Crippen molar-refractivity contribution in [2.24, 2.45) is 11.1 Å². The zero-order valence-electron chi connectivity index (χ0n) is 10.1. The Morgan fingerprint density at radius 3 is 2.38 bits per heavy atom. The van der Waals surface area contributed by atoms with Crippen molar-refractivity contribution in [1.82, 2.24) is 5.32 Å². The molecule has 0 bridgehead atoms. The lowest BCUT2D eigenvalue weighted by molar-refractivity contribution is -0.139. The number of carboxylic acid groups (broad SMARTS) is 1. The van der Waals surface area contributed by atoms with Gasteiger partial charge in [0.15, 0.2) is 0 Å². The van der Waals surface area contributed by atoms with Crippen molar-refractivity contribution in [3.05, 3.63) is 0 Å². The minimum Gasteiger partial charge on any atom is -0.481 e. The first kappa shape index (κ1) is 14.9. The van der Waals surface area contributed by atoms with Gasteiger partial charge in [0, 0.05) is 13.0 Å². The van der Waals surface area contributed by atoms with Crippen LogP contribution in [-0.4, -0.2) is 30.1 Å². The van der Waals surface area contributed by atoms with Crippen LogP contribution in [-0.2, 0) is 9.59 Å². The van der Waals surface area contributed by atoms with Gasteiger partial charge in [0.05, 0.1) is 6.42 Å². The van der Waals surface area contributed by atoms with E-state index in [-0.39, 0.29) is 18.7 Å². The maximum atomic E-state index is 11.5. The van der Waals surface area contributed by atoms with Crippen LogP contribution in [0.3, 0.4) is 0 Å². The van der Waals surface area contributed by atoms with Crippen LogP contribution in [0.25, 0.3) is 0 Å². The van der Waals surface area contributed by atoms with Crippen LogP contribution >= 0.6 is 0 Å². The molecule has 0 aliphatic heterocycles. The minimum absolute atomic E-state index is 0.00319. The first-order valence-corrected chi connectivity index (χ1v) is 5.56. The normalized spacial score (nSPS) is 11.2. The molecule has 5 heteroatoms. The number of nitrogens with one attached hydrogen (secondary N) is 1. The van der Waals surface area contributed by atoms with Crippen molar-refractivity contribution in [3.63, 3.8) is 0 Å². The van der Waals surface area contributed by atoms with E-state index in [1.165, 1.54) is 0 Å². The third-order valence-electron chi connectivity index (χ3n) is 2.22. The highest BCUT2D eigenvalue weighted by atomic mass is 16.4. The molecule has 0 spiro atoms. The molecule has 0 aliphatic rings. The molecule has 0 aromatic carbocycles. The fourth-order valence-electron chi connectivity index (χ4n) is 1.47. The SMILES string of the molecule is CC(C)(CC(=O)O)CC(=O)NCCCCN. The summed E-state index contributed by atoms with van der Waals surface area (Å²) in [6.07, 6.45) is 1.99. The second kappa shape index (κ2) is 7.22. The molecule has 0 aliphatic carbocycles. The van der Waals surface area contributed by atoms with E-state index in [2.05, 4.69) is 5.32 Å². The number of amides is 1. The van der Waals surface area contributed by atoms with Gasteiger partial charge in [-0.3, -0.25) is 9.59 Å². The lowest BCUT2D eigenvalue weighted by atomic mass is 9.85. The number of hydrogen-bond acceptors (Lipinski definition) is 3. The van der Waals surface area contributed by atoms with Crippen LogP contribution in [0.4, 0.5) is 0 Å². The predicted molar refractivity (Wildman–Crippen MR) is 61.9 cm³/mol. The third kappa shape index (κ3) is 8.23. The summed E-state index contributed by atoms with van der Waals surface area (Å²) in [4.78, 5) is 22.0. The molecule has 1 amide bonds. The molecule has 5 nitrogen and oxygen atoms in total. The molecule has 0 aromatic rings. The lowest BCUT2D eigenvalue weighted by Crippen LogP contribution is -2.30. The summed E-state index contributed by atoms with van der Waals surface area (Å²) in [5, 5.41) is 11.4. The molecule has 0 saturated carbocycles. The predicted octanol–water partition coefficient (Wildman–Crippen LogP) is 0.733. The van der Waals surface area contributed by atoms with Gasteiger partial charge in [0.25, 0.3) is 0 Å². The van der Waals surface area contributed by atoms with Crippen LogP contribution < -0.4 is 11.1 Å². The second-order valence-electron chi connectivity index (χ2n) is 4.76. The van der Waals surface area contributed by atoms with Gasteiger partial charge in [0.2, 0.25) is 5.91 Å². The largest absolute Gasteiger partial charge is 0.481 e. The molecule has 0 aromatic heterocycles. The number of aliphatic carboxylic acids is 1. The molecule has 4 N–H and O–H groups in total. The Bertz CT molecular complexity index is 239. The minimum atomic E-state index is -0.874. The molecule has 0 unspecified atom stereocenters. The fraction of sp³-hybridized carbons (Fsp3) is 0.818. The van der Waals surface area contributed by atoms with Gasteiger partial charge in [-0.1, -0.05) is 13.8 Å². The quantitative estimate of drug-likeness (QED) is 0.536. The Labute approximate surface area is 96.4 Å². The summed E-state index contributed by atoms with van der Waals surface area (Å²) in [6, 6.07) is 0. The highest BCUT2D eigenvalue weighted by Crippen LogP contribution is 2.24. The summed E-state index contributed by atoms with van der Waals surface area (Å²) < 4.78 is 0. The fourth-order valence-corrected chi connectivity index (χ4v) is 1.47. The van der Waals surface area contributed by atoms with Gasteiger partial charge >= 0.3 is 5.97 Å². The number of hydrogen-bond donors (Lipinski definition) is 3. The molecular formula is C11H22N2O3. The van der Waals surface area contributed by atoms with E-state index < -0.39 is 11.4 Å². The highest BCUT2D eigenvalue weighted by molar-refractivity contribution is 5.77. The molecule has 0 atom stereocenters. The Kier molecular flexibility index (Phi) is 6.72. The van der Waals surface area contributed by atoms with Crippen molar-refractivity contribution in [3.8, 4) is 0 Å². The number of nitrogens with two attached hydrogens (primary N) is 1. The summed E-state index contributed by atoms with van der Waals surface area (Å²) in [7, 11) is 0. The van der Waals surface area contributed by atoms with E-state index in [1.54, 1.807) is 13.8 Å². The maximum Gasteiger partial charge on any atom is 0.303 e. The second-order valence-corrected chi connectivity index (χ2v) is 4.76. The summed E-state index contributed by atoms with van der Waals surface area (Å²) in [5.41, 5.74) is 4.83. The van der Waals surface area contributed by atoms with E-state index in [1.807, 2.05) is 0 Å². The van der Waals surface area contributed by atoms with E-state index in [0.29, 0.717) is 13.1 Å². The lowest BCUT2D eigenvalue weighted by Gasteiger charge is -2.21. The van der Waals surface area contributed by atoms with E-state index >= 15 is 0 Å². The van der Waals surface area contributed by atoms with Crippen LogP contribution in [0.1, 0.15) is 39.5 Å². The first-order valence-electron chi connectivity index (χ1n) is 5.56. The topological polar surface area (TPSA) is 92.4 Å². The van der Waals surface area contributed by atoms with Gasteiger partial charge in [0.1, 0.15) is 0 Å². The van der Waals surface area contributed by atoms with Crippen LogP contribution in [0.5, 0.6) is 0 Å². The summed E-state index contributed by atoms with van der Waals surface area (Å²) >= 11 is 0. The van der Waals surface area contributed by atoms with Crippen molar-refractivity contribution in [2.45, 2.75) is 39.5 Å². The number of carboxylic acids is 1. The van der Waals surface area contributed by atoms with Crippen LogP contribution in [0.2, 0.25) is 0 Å². The van der Waals surface area contributed by atoms with E-state index in [0.717, 1.165) is 12.8 Å². The number of unbranched alkanes of at least 4 members (excludes halogenated alkanes) is 1. The Morgan fingerprint density at radius 1 is 1.25 bits per heavy atom. The molecule has 94 valence electrons. The number of carbonyl (C=O) groups is 2. The third-order valence-corrected chi connectivity index (χ3v) is 2.22. The van der Waals surface area contributed by atoms with Crippen molar-refractivity contribution >= 4 is 11.9 Å². The average Bonchev–Trinajstić information content (AvgIpc) is 2.09.